The van der Waals surface area contributed by atoms with Crippen LogP contribution < -0.4 is 5.32 Å². The number of alkyl halides is 1. The lowest BCUT2D eigenvalue weighted by atomic mass is 10.0. The molecule has 1 aromatic carbocycles. The van der Waals surface area contributed by atoms with Crippen LogP contribution >= 0.6 is 0 Å². The summed E-state index contributed by atoms with van der Waals surface area (Å²) in [7, 11) is 0. The zero-order chi connectivity index (χ0) is 13.0. The molecule has 1 aliphatic rings. The largest absolute Gasteiger partial charge is 0.465 e. The maximum absolute atomic E-state index is 13.8. The van der Waals surface area contributed by atoms with Crippen molar-refractivity contribution in [3.63, 3.8) is 0 Å². The standard InChI is InChI=1S/C13H17FN2O2/c14-11-8-15-7-6-12(11)16(13(17)18)9-10-4-2-1-3-5-10/h1-5,11-12,15H,6-9H2,(H,17,18)/t11-,12+/m0/s1. The van der Waals surface area contributed by atoms with E-state index in [-0.39, 0.29) is 13.1 Å². The Morgan fingerprint density at radius 1 is 1.44 bits per heavy atom. The number of carboxylic acid groups (broad SMARTS) is 1. The van der Waals surface area contributed by atoms with Crippen molar-refractivity contribution in [2.75, 3.05) is 13.1 Å². The van der Waals surface area contributed by atoms with Gasteiger partial charge >= 0.3 is 6.09 Å². The summed E-state index contributed by atoms with van der Waals surface area (Å²) in [6.07, 6.45) is -1.69. The third-order valence-electron chi connectivity index (χ3n) is 3.22. The zero-order valence-corrected chi connectivity index (χ0v) is 10.1. The predicted octanol–water partition coefficient (Wildman–Crippen LogP) is 1.87. The first kappa shape index (κ1) is 12.8. The lowest BCUT2D eigenvalue weighted by Gasteiger charge is -2.35. The van der Waals surface area contributed by atoms with Gasteiger partial charge in [-0.1, -0.05) is 30.3 Å². The molecule has 2 atom stereocenters. The van der Waals surface area contributed by atoms with Crippen LogP contribution in [0.3, 0.4) is 0 Å². The molecule has 1 heterocycles. The van der Waals surface area contributed by atoms with Crippen molar-refractivity contribution in [3.05, 3.63) is 35.9 Å². The van der Waals surface area contributed by atoms with E-state index in [4.69, 9.17) is 0 Å². The summed E-state index contributed by atoms with van der Waals surface area (Å²) >= 11 is 0. The van der Waals surface area contributed by atoms with Gasteiger partial charge in [-0.05, 0) is 18.5 Å². The molecule has 1 aliphatic heterocycles. The number of carbonyl (C=O) groups is 1. The summed E-state index contributed by atoms with van der Waals surface area (Å²) in [5.74, 6) is 0. The van der Waals surface area contributed by atoms with E-state index in [0.717, 1.165) is 5.56 Å². The molecule has 1 aromatic rings. The van der Waals surface area contributed by atoms with Crippen LogP contribution in [-0.2, 0) is 6.54 Å². The van der Waals surface area contributed by atoms with Gasteiger partial charge in [-0.25, -0.2) is 9.18 Å². The number of piperidine rings is 1. The lowest BCUT2D eigenvalue weighted by Crippen LogP contribution is -2.52. The Kier molecular flexibility index (Phi) is 4.15. The van der Waals surface area contributed by atoms with Gasteiger partial charge in [0.25, 0.3) is 0 Å². The quantitative estimate of drug-likeness (QED) is 0.863. The third kappa shape index (κ3) is 2.98. The Hall–Kier alpha value is -1.62. The van der Waals surface area contributed by atoms with E-state index in [0.29, 0.717) is 13.0 Å². The molecule has 0 radical (unpaired) electrons. The van der Waals surface area contributed by atoms with Crippen molar-refractivity contribution in [1.29, 1.82) is 0 Å². The summed E-state index contributed by atoms with van der Waals surface area (Å²) in [5.41, 5.74) is 0.880. The van der Waals surface area contributed by atoms with Gasteiger partial charge in [-0.3, -0.25) is 4.90 Å². The van der Waals surface area contributed by atoms with Crippen molar-refractivity contribution in [3.8, 4) is 0 Å². The van der Waals surface area contributed by atoms with Crippen LogP contribution in [0, 0.1) is 0 Å². The van der Waals surface area contributed by atoms with Gasteiger partial charge in [0, 0.05) is 13.1 Å². The number of nitrogens with one attached hydrogen (secondary N) is 1. The topological polar surface area (TPSA) is 52.6 Å². The minimum absolute atomic E-state index is 0.225. The molecular formula is C13H17FN2O2. The highest BCUT2D eigenvalue weighted by atomic mass is 19.1. The van der Waals surface area contributed by atoms with Gasteiger partial charge in [0.2, 0.25) is 0 Å². The molecule has 0 saturated carbocycles. The summed E-state index contributed by atoms with van der Waals surface area (Å²) in [5, 5.41) is 12.2. The maximum Gasteiger partial charge on any atom is 0.407 e. The van der Waals surface area contributed by atoms with Gasteiger partial charge in [0.1, 0.15) is 6.17 Å². The summed E-state index contributed by atoms with van der Waals surface area (Å²) < 4.78 is 13.8. The number of nitrogens with zero attached hydrogens (tertiary/aromatic N) is 1. The molecule has 18 heavy (non-hydrogen) atoms. The predicted molar refractivity (Wildman–Crippen MR) is 66.2 cm³/mol. The Labute approximate surface area is 105 Å². The average molecular weight is 252 g/mol. The van der Waals surface area contributed by atoms with Crippen LogP contribution in [0.2, 0.25) is 0 Å². The molecule has 0 spiro atoms. The number of hydrogen-bond acceptors (Lipinski definition) is 2. The Bertz CT molecular complexity index is 399. The van der Waals surface area contributed by atoms with Gasteiger partial charge in [0.15, 0.2) is 0 Å². The second-order valence-corrected chi connectivity index (χ2v) is 4.47. The highest BCUT2D eigenvalue weighted by molar-refractivity contribution is 5.65. The van der Waals surface area contributed by atoms with Crippen molar-refractivity contribution < 1.29 is 14.3 Å². The Morgan fingerprint density at radius 2 is 2.17 bits per heavy atom. The van der Waals surface area contributed by atoms with Crippen LogP contribution in [0.25, 0.3) is 0 Å². The van der Waals surface area contributed by atoms with Gasteiger partial charge in [-0.15, -0.1) is 0 Å². The van der Waals surface area contributed by atoms with E-state index < -0.39 is 18.3 Å². The molecule has 0 bridgehead atoms. The Morgan fingerprint density at radius 3 is 2.78 bits per heavy atom. The molecule has 0 aliphatic carbocycles. The number of benzene rings is 1. The summed E-state index contributed by atoms with van der Waals surface area (Å²) in [6, 6.07) is 8.73. The third-order valence-corrected chi connectivity index (χ3v) is 3.22. The zero-order valence-electron chi connectivity index (χ0n) is 10.1. The first-order chi connectivity index (χ1) is 8.68. The van der Waals surface area contributed by atoms with Gasteiger partial charge in [0.05, 0.1) is 6.04 Å². The van der Waals surface area contributed by atoms with E-state index in [1.807, 2.05) is 30.3 Å². The molecule has 0 aromatic heterocycles. The smallest absolute Gasteiger partial charge is 0.407 e. The van der Waals surface area contributed by atoms with Crippen molar-refractivity contribution in [1.82, 2.24) is 10.2 Å². The van der Waals surface area contributed by atoms with E-state index >= 15 is 0 Å². The fourth-order valence-corrected chi connectivity index (χ4v) is 2.26. The SMILES string of the molecule is O=C(O)N(Cc1ccccc1)[C@@H]1CCNC[C@@H]1F. The number of rotatable bonds is 3. The first-order valence-corrected chi connectivity index (χ1v) is 6.07. The first-order valence-electron chi connectivity index (χ1n) is 6.07. The molecule has 5 heteroatoms. The molecular weight excluding hydrogens is 235 g/mol. The van der Waals surface area contributed by atoms with Crippen LogP contribution in [-0.4, -0.2) is 41.4 Å². The molecule has 4 nitrogen and oxygen atoms in total. The molecule has 2 N–H and O–H groups in total. The highest BCUT2D eigenvalue weighted by Crippen LogP contribution is 2.18. The fourth-order valence-electron chi connectivity index (χ4n) is 2.26. The molecule has 1 amide bonds. The average Bonchev–Trinajstić information content (AvgIpc) is 2.38. The summed E-state index contributed by atoms with van der Waals surface area (Å²) in [6.45, 7) is 1.12. The fraction of sp³-hybridized carbons (Fsp3) is 0.462. The lowest BCUT2D eigenvalue weighted by molar-refractivity contribution is 0.0699. The second-order valence-electron chi connectivity index (χ2n) is 4.47. The van der Waals surface area contributed by atoms with E-state index in [2.05, 4.69) is 5.32 Å². The van der Waals surface area contributed by atoms with Crippen molar-refractivity contribution in [2.24, 2.45) is 0 Å². The van der Waals surface area contributed by atoms with E-state index in [1.54, 1.807) is 0 Å². The summed E-state index contributed by atoms with van der Waals surface area (Å²) in [4.78, 5) is 12.5. The molecule has 1 fully saturated rings. The van der Waals surface area contributed by atoms with Crippen molar-refractivity contribution in [2.45, 2.75) is 25.2 Å². The van der Waals surface area contributed by atoms with Crippen LogP contribution in [0.5, 0.6) is 0 Å². The number of hydrogen-bond donors (Lipinski definition) is 2. The monoisotopic (exact) mass is 252 g/mol. The van der Waals surface area contributed by atoms with Crippen LogP contribution in [0.15, 0.2) is 30.3 Å². The van der Waals surface area contributed by atoms with Gasteiger partial charge < -0.3 is 10.4 Å². The minimum Gasteiger partial charge on any atom is -0.465 e. The number of amides is 1. The van der Waals surface area contributed by atoms with Gasteiger partial charge in [-0.2, -0.15) is 0 Å². The maximum atomic E-state index is 13.8. The van der Waals surface area contributed by atoms with Crippen LogP contribution in [0.4, 0.5) is 9.18 Å². The highest BCUT2D eigenvalue weighted by Gasteiger charge is 2.32. The van der Waals surface area contributed by atoms with Crippen LogP contribution in [0.1, 0.15) is 12.0 Å². The van der Waals surface area contributed by atoms with E-state index in [9.17, 15) is 14.3 Å². The molecule has 2 rings (SSSR count). The van der Waals surface area contributed by atoms with Crippen molar-refractivity contribution >= 4 is 6.09 Å². The normalized spacial score (nSPS) is 23.6. The Balaban J connectivity index is 2.10. The molecule has 0 unspecified atom stereocenters. The molecule has 1 saturated heterocycles. The second kappa shape index (κ2) is 5.82. The minimum atomic E-state index is -1.14. The molecule has 98 valence electrons. The number of halogens is 1. The van der Waals surface area contributed by atoms with E-state index in [1.165, 1.54) is 4.90 Å².